The van der Waals surface area contributed by atoms with Crippen molar-refractivity contribution >= 4 is 11.8 Å². The van der Waals surface area contributed by atoms with Gasteiger partial charge in [0.1, 0.15) is 5.82 Å². The van der Waals surface area contributed by atoms with Gasteiger partial charge in [0, 0.05) is 25.8 Å². The summed E-state index contributed by atoms with van der Waals surface area (Å²) < 4.78 is 0. The van der Waals surface area contributed by atoms with E-state index in [1.807, 2.05) is 12.3 Å². The van der Waals surface area contributed by atoms with Crippen molar-refractivity contribution in [2.24, 2.45) is 0 Å². The van der Waals surface area contributed by atoms with Gasteiger partial charge in [0.25, 0.3) is 0 Å². The molecule has 1 aromatic rings. The van der Waals surface area contributed by atoms with Crippen LogP contribution in [-0.4, -0.2) is 29.6 Å². The number of nitrogens with zero attached hydrogens (tertiary/aromatic N) is 3. The standard InChI is InChI=1S/C15H26N4/c1-3-11-16-15-17-12-10-14(18-15)19(2)13-8-6-4-5-7-9-13/h10,12-13H,3-9,11H2,1-2H3,(H,16,17,18). The number of hydrogen-bond acceptors (Lipinski definition) is 4. The van der Waals surface area contributed by atoms with Gasteiger partial charge in [-0.15, -0.1) is 0 Å². The quantitative estimate of drug-likeness (QED) is 0.825. The lowest BCUT2D eigenvalue weighted by Crippen LogP contribution is -2.31. The predicted molar refractivity (Wildman–Crippen MR) is 80.7 cm³/mol. The van der Waals surface area contributed by atoms with Crippen LogP contribution >= 0.6 is 0 Å². The fraction of sp³-hybridized carbons (Fsp3) is 0.733. The highest BCUT2D eigenvalue weighted by Crippen LogP contribution is 2.24. The van der Waals surface area contributed by atoms with Gasteiger partial charge in [-0.1, -0.05) is 32.6 Å². The van der Waals surface area contributed by atoms with Gasteiger partial charge < -0.3 is 10.2 Å². The molecule has 0 atom stereocenters. The maximum Gasteiger partial charge on any atom is 0.224 e. The maximum atomic E-state index is 4.62. The van der Waals surface area contributed by atoms with E-state index in [2.05, 4.69) is 34.2 Å². The number of aromatic nitrogens is 2. The first kappa shape index (κ1) is 14.1. The van der Waals surface area contributed by atoms with Crippen molar-refractivity contribution in [3.05, 3.63) is 12.3 Å². The minimum Gasteiger partial charge on any atom is -0.357 e. The van der Waals surface area contributed by atoms with Gasteiger partial charge in [-0.05, 0) is 25.3 Å². The van der Waals surface area contributed by atoms with E-state index in [0.717, 1.165) is 24.7 Å². The molecule has 106 valence electrons. The molecular formula is C15H26N4. The Morgan fingerprint density at radius 1 is 1.26 bits per heavy atom. The highest BCUT2D eigenvalue weighted by Gasteiger charge is 2.18. The predicted octanol–water partition coefficient (Wildman–Crippen LogP) is 3.46. The van der Waals surface area contributed by atoms with Crippen LogP contribution in [0.4, 0.5) is 11.8 Å². The first-order chi connectivity index (χ1) is 9.31. The smallest absolute Gasteiger partial charge is 0.224 e. The second-order valence-corrected chi connectivity index (χ2v) is 5.42. The fourth-order valence-electron chi connectivity index (χ4n) is 2.70. The molecule has 4 nitrogen and oxygen atoms in total. The average Bonchev–Trinajstić information content (AvgIpc) is 2.73. The summed E-state index contributed by atoms with van der Waals surface area (Å²) in [7, 11) is 2.17. The van der Waals surface area contributed by atoms with Gasteiger partial charge >= 0.3 is 0 Å². The van der Waals surface area contributed by atoms with E-state index in [9.17, 15) is 0 Å². The van der Waals surface area contributed by atoms with Crippen molar-refractivity contribution < 1.29 is 0 Å². The van der Waals surface area contributed by atoms with Crippen molar-refractivity contribution in [1.29, 1.82) is 0 Å². The molecule has 0 radical (unpaired) electrons. The molecule has 0 aliphatic heterocycles. The van der Waals surface area contributed by atoms with E-state index in [1.165, 1.54) is 38.5 Å². The lowest BCUT2D eigenvalue weighted by atomic mass is 10.1. The molecule has 1 saturated carbocycles. The molecule has 0 amide bonds. The van der Waals surface area contributed by atoms with Crippen molar-refractivity contribution in [2.45, 2.75) is 57.9 Å². The van der Waals surface area contributed by atoms with Crippen LogP contribution in [0.2, 0.25) is 0 Å². The lowest BCUT2D eigenvalue weighted by Gasteiger charge is -2.28. The summed E-state index contributed by atoms with van der Waals surface area (Å²) >= 11 is 0. The second kappa shape index (κ2) is 7.31. The Morgan fingerprint density at radius 2 is 2.00 bits per heavy atom. The molecule has 1 fully saturated rings. The van der Waals surface area contributed by atoms with Crippen LogP contribution in [-0.2, 0) is 0 Å². The molecule has 1 aliphatic rings. The van der Waals surface area contributed by atoms with Gasteiger partial charge in [0.15, 0.2) is 0 Å². The topological polar surface area (TPSA) is 41.1 Å². The molecule has 2 rings (SSSR count). The van der Waals surface area contributed by atoms with Crippen molar-refractivity contribution in [1.82, 2.24) is 9.97 Å². The van der Waals surface area contributed by atoms with Gasteiger partial charge in [-0.3, -0.25) is 0 Å². The first-order valence-corrected chi connectivity index (χ1v) is 7.61. The molecule has 19 heavy (non-hydrogen) atoms. The zero-order valence-electron chi connectivity index (χ0n) is 12.2. The Morgan fingerprint density at radius 3 is 2.68 bits per heavy atom. The summed E-state index contributed by atoms with van der Waals surface area (Å²) in [6.07, 6.45) is 11.0. The number of nitrogens with one attached hydrogen (secondary N) is 1. The molecule has 1 aliphatic carbocycles. The van der Waals surface area contributed by atoms with Crippen LogP contribution in [0.25, 0.3) is 0 Å². The molecule has 1 N–H and O–H groups in total. The SMILES string of the molecule is CCCNc1nccc(N(C)C2CCCCCC2)n1. The van der Waals surface area contributed by atoms with Gasteiger partial charge in [0.2, 0.25) is 5.95 Å². The summed E-state index contributed by atoms with van der Waals surface area (Å²) in [5, 5.41) is 3.26. The summed E-state index contributed by atoms with van der Waals surface area (Å²) in [6.45, 7) is 3.07. The molecule has 1 aromatic heterocycles. The molecule has 0 aromatic carbocycles. The molecule has 1 heterocycles. The van der Waals surface area contributed by atoms with E-state index in [4.69, 9.17) is 0 Å². The third-order valence-corrected chi connectivity index (χ3v) is 3.91. The van der Waals surface area contributed by atoms with Gasteiger partial charge in [-0.25, -0.2) is 4.98 Å². The van der Waals surface area contributed by atoms with E-state index in [1.54, 1.807) is 0 Å². The fourth-order valence-corrected chi connectivity index (χ4v) is 2.70. The van der Waals surface area contributed by atoms with E-state index < -0.39 is 0 Å². The molecule has 4 heteroatoms. The molecule has 0 bridgehead atoms. The normalized spacial score (nSPS) is 16.9. The Kier molecular flexibility index (Phi) is 5.43. The van der Waals surface area contributed by atoms with Crippen LogP contribution < -0.4 is 10.2 Å². The zero-order chi connectivity index (χ0) is 13.5. The monoisotopic (exact) mass is 262 g/mol. The highest BCUT2D eigenvalue weighted by molar-refractivity contribution is 5.42. The van der Waals surface area contributed by atoms with E-state index in [0.29, 0.717) is 6.04 Å². The number of rotatable bonds is 5. The van der Waals surface area contributed by atoms with Crippen molar-refractivity contribution in [3.8, 4) is 0 Å². The molecular weight excluding hydrogens is 236 g/mol. The summed E-state index contributed by atoms with van der Waals surface area (Å²) in [5.41, 5.74) is 0. The van der Waals surface area contributed by atoms with Crippen LogP contribution in [0.1, 0.15) is 51.9 Å². The number of hydrogen-bond donors (Lipinski definition) is 1. The highest BCUT2D eigenvalue weighted by atomic mass is 15.2. The van der Waals surface area contributed by atoms with Crippen molar-refractivity contribution in [2.75, 3.05) is 23.8 Å². The van der Waals surface area contributed by atoms with Gasteiger partial charge in [0.05, 0.1) is 0 Å². The average molecular weight is 262 g/mol. The third kappa shape index (κ3) is 4.08. The van der Waals surface area contributed by atoms with E-state index >= 15 is 0 Å². The Bertz CT molecular complexity index is 372. The van der Waals surface area contributed by atoms with E-state index in [-0.39, 0.29) is 0 Å². The number of anilines is 2. The first-order valence-electron chi connectivity index (χ1n) is 7.61. The van der Waals surface area contributed by atoms with Crippen molar-refractivity contribution in [3.63, 3.8) is 0 Å². The Balaban J connectivity index is 2.02. The summed E-state index contributed by atoms with van der Waals surface area (Å²) in [6, 6.07) is 2.65. The minimum atomic E-state index is 0.636. The lowest BCUT2D eigenvalue weighted by molar-refractivity contribution is 0.549. The maximum absolute atomic E-state index is 4.62. The molecule has 0 saturated heterocycles. The minimum absolute atomic E-state index is 0.636. The largest absolute Gasteiger partial charge is 0.357 e. The summed E-state index contributed by atoms with van der Waals surface area (Å²) in [5.74, 6) is 1.79. The van der Waals surface area contributed by atoms with Crippen LogP contribution in [0.3, 0.4) is 0 Å². The summed E-state index contributed by atoms with van der Waals surface area (Å²) in [4.78, 5) is 11.2. The van der Waals surface area contributed by atoms with Crippen LogP contribution in [0.5, 0.6) is 0 Å². The second-order valence-electron chi connectivity index (χ2n) is 5.42. The molecule has 0 unspecified atom stereocenters. The van der Waals surface area contributed by atoms with Crippen LogP contribution in [0.15, 0.2) is 12.3 Å². The molecule has 0 spiro atoms. The Labute approximate surface area is 116 Å². The zero-order valence-corrected chi connectivity index (χ0v) is 12.2. The Hall–Kier alpha value is -1.32. The van der Waals surface area contributed by atoms with Crippen LogP contribution in [0, 0.1) is 0 Å². The third-order valence-electron chi connectivity index (χ3n) is 3.91. The van der Waals surface area contributed by atoms with Gasteiger partial charge in [-0.2, -0.15) is 4.98 Å².